The fourth-order valence-corrected chi connectivity index (χ4v) is 2.32. The fraction of sp³-hybridized carbons (Fsp3) is 0.333. The number of para-hydroxylation sites is 1. The molecule has 2 aromatic rings. The number of aromatic nitrogens is 2. The lowest BCUT2D eigenvalue weighted by Crippen LogP contribution is -2.30. The van der Waals surface area contributed by atoms with Crippen LogP contribution in [0.4, 0.5) is 10.8 Å². The van der Waals surface area contributed by atoms with Gasteiger partial charge in [0, 0.05) is 18.3 Å². The van der Waals surface area contributed by atoms with Crippen LogP contribution in [0.2, 0.25) is 0 Å². The number of nitrogens with zero attached hydrogens (tertiary/aromatic N) is 3. The second-order valence-corrected chi connectivity index (χ2v) is 4.95. The van der Waals surface area contributed by atoms with Crippen LogP contribution < -0.4 is 10.6 Å². The zero-order valence-corrected chi connectivity index (χ0v) is 10.8. The number of nitrogens with two attached hydrogens (primary N) is 1. The van der Waals surface area contributed by atoms with E-state index in [9.17, 15) is 0 Å². The monoisotopic (exact) mass is 248 g/mol. The van der Waals surface area contributed by atoms with Crippen LogP contribution in [0.1, 0.15) is 19.4 Å². The Morgan fingerprint density at radius 1 is 1.35 bits per heavy atom. The summed E-state index contributed by atoms with van der Waals surface area (Å²) >= 11 is 1.55. The molecule has 5 heteroatoms. The predicted octanol–water partition coefficient (Wildman–Crippen LogP) is 2.54. The Balaban J connectivity index is 2.23. The molecule has 0 saturated heterocycles. The van der Waals surface area contributed by atoms with Gasteiger partial charge in [-0.05, 0) is 25.5 Å². The summed E-state index contributed by atoms with van der Waals surface area (Å²) in [5.41, 5.74) is 9.66. The molecule has 17 heavy (non-hydrogen) atoms. The zero-order chi connectivity index (χ0) is 12.3. The molecule has 0 aliphatic rings. The van der Waals surface area contributed by atoms with Gasteiger partial charge in [0.05, 0.1) is 0 Å². The van der Waals surface area contributed by atoms with Crippen molar-refractivity contribution in [2.24, 2.45) is 0 Å². The highest BCUT2D eigenvalue weighted by molar-refractivity contribution is 7.13. The van der Waals surface area contributed by atoms with Crippen molar-refractivity contribution in [1.82, 2.24) is 10.2 Å². The van der Waals surface area contributed by atoms with Gasteiger partial charge in [-0.25, -0.2) is 0 Å². The summed E-state index contributed by atoms with van der Waals surface area (Å²) in [5, 5.41) is 8.94. The molecule has 0 bridgehead atoms. The molecule has 2 N–H and O–H groups in total. The minimum atomic E-state index is 0.363. The quantitative estimate of drug-likeness (QED) is 0.845. The van der Waals surface area contributed by atoms with E-state index in [1.54, 1.807) is 16.8 Å². The normalized spacial score (nSPS) is 10.8. The van der Waals surface area contributed by atoms with Gasteiger partial charge in [-0.3, -0.25) is 0 Å². The zero-order valence-electron chi connectivity index (χ0n) is 10.00. The molecule has 1 aromatic carbocycles. The maximum atomic E-state index is 5.96. The molecule has 0 saturated carbocycles. The van der Waals surface area contributed by atoms with Crippen LogP contribution in [0.3, 0.4) is 0 Å². The van der Waals surface area contributed by atoms with Gasteiger partial charge in [0.1, 0.15) is 5.51 Å². The van der Waals surface area contributed by atoms with Gasteiger partial charge in [0.2, 0.25) is 5.13 Å². The summed E-state index contributed by atoms with van der Waals surface area (Å²) in [5.74, 6) is 0. The third-order valence-electron chi connectivity index (χ3n) is 2.61. The first-order chi connectivity index (χ1) is 8.18. The van der Waals surface area contributed by atoms with E-state index in [1.807, 2.05) is 24.3 Å². The molecule has 1 aromatic heterocycles. The van der Waals surface area contributed by atoms with E-state index in [0.717, 1.165) is 22.9 Å². The van der Waals surface area contributed by atoms with Crippen LogP contribution in [0.25, 0.3) is 0 Å². The Morgan fingerprint density at radius 2 is 2.12 bits per heavy atom. The summed E-state index contributed by atoms with van der Waals surface area (Å²) < 4.78 is 0. The van der Waals surface area contributed by atoms with E-state index in [-0.39, 0.29) is 0 Å². The van der Waals surface area contributed by atoms with Crippen LogP contribution in [0, 0.1) is 0 Å². The highest BCUT2D eigenvalue weighted by atomic mass is 32.1. The lowest BCUT2D eigenvalue weighted by Gasteiger charge is -2.26. The standard InChI is InChI=1S/C12H16N4S/c1-9(2)16(12-15-14-8-17-12)7-10-5-3-4-6-11(10)13/h3-6,8-9H,7,13H2,1-2H3. The van der Waals surface area contributed by atoms with Crippen LogP contribution in [0.15, 0.2) is 29.8 Å². The molecule has 0 spiro atoms. The van der Waals surface area contributed by atoms with Gasteiger partial charge in [0.25, 0.3) is 0 Å². The lowest BCUT2D eigenvalue weighted by molar-refractivity contribution is 0.676. The number of rotatable bonds is 4. The van der Waals surface area contributed by atoms with Gasteiger partial charge in [-0.15, -0.1) is 10.2 Å². The van der Waals surface area contributed by atoms with Crippen molar-refractivity contribution in [3.8, 4) is 0 Å². The minimum Gasteiger partial charge on any atom is -0.398 e. The smallest absolute Gasteiger partial charge is 0.208 e. The number of benzene rings is 1. The highest BCUT2D eigenvalue weighted by Gasteiger charge is 2.15. The topological polar surface area (TPSA) is 55.0 Å². The molecule has 0 fully saturated rings. The molecule has 0 atom stereocenters. The van der Waals surface area contributed by atoms with E-state index in [0.29, 0.717) is 6.04 Å². The molecular formula is C12H16N4S. The van der Waals surface area contributed by atoms with Crippen molar-refractivity contribution in [1.29, 1.82) is 0 Å². The Kier molecular flexibility index (Phi) is 3.58. The maximum Gasteiger partial charge on any atom is 0.208 e. The first kappa shape index (κ1) is 11.9. The van der Waals surface area contributed by atoms with Crippen LogP contribution in [0.5, 0.6) is 0 Å². The second-order valence-electron chi connectivity index (χ2n) is 4.14. The molecule has 0 aliphatic heterocycles. The Bertz CT molecular complexity index is 467. The maximum absolute atomic E-state index is 5.96. The number of anilines is 2. The Morgan fingerprint density at radius 3 is 2.71 bits per heavy atom. The largest absolute Gasteiger partial charge is 0.398 e. The first-order valence-corrected chi connectivity index (χ1v) is 6.42. The van der Waals surface area contributed by atoms with Crippen molar-refractivity contribution < 1.29 is 0 Å². The molecule has 2 rings (SSSR count). The average Bonchev–Trinajstić information content (AvgIpc) is 2.81. The number of hydrogen-bond donors (Lipinski definition) is 1. The molecule has 1 heterocycles. The van der Waals surface area contributed by atoms with Gasteiger partial charge < -0.3 is 10.6 Å². The van der Waals surface area contributed by atoms with Crippen LogP contribution >= 0.6 is 11.3 Å². The molecule has 4 nitrogen and oxygen atoms in total. The molecule has 0 radical (unpaired) electrons. The third-order valence-corrected chi connectivity index (χ3v) is 3.34. The molecule has 0 aliphatic carbocycles. The SMILES string of the molecule is CC(C)N(Cc1ccccc1N)c1nncs1. The predicted molar refractivity (Wildman–Crippen MR) is 72.1 cm³/mol. The van der Waals surface area contributed by atoms with E-state index < -0.39 is 0 Å². The summed E-state index contributed by atoms with van der Waals surface area (Å²) in [7, 11) is 0. The minimum absolute atomic E-state index is 0.363. The highest BCUT2D eigenvalue weighted by Crippen LogP contribution is 2.23. The number of hydrogen-bond acceptors (Lipinski definition) is 5. The van der Waals surface area contributed by atoms with E-state index >= 15 is 0 Å². The van der Waals surface area contributed by atoms with E-state index in [4.69, 9.17) is 5.73 Å². The third kappa shape index (κ3) is 2.74. The van der Waals surface area contributed by atoms with Crippen molar-refractivity contribution in [3.63, 3.8) is 0 Å². The molecule has 90 valence electrons. The van der Waals surface area contributed by atoms with Crippen molar-refractivity contribution in [3.05, 3.63) is 35.3 Å². The van der Waals surface area contributed by atoms with Crippen LogP contribution in [-0.2, 0) is 6.54 Å². The van der Waals surface area contributed by atoms with Gasteiger partial charge >= 0.3 is 0 Å². The summed E-state index contributed by atoms with van der Waals surface area (Å²) in [6, 6.07) is 8.29. The molecule has 0 unspecified atom stereocenters. The molecular weight excluding hydrogens is 232 g/mol. The summed E-state index contributed by atoms with van der Waals surface area (Å²) in [6.07, 6.45) is 0. The van der Waals surface area contributed by atoms with Gasteiger partial charge in [-0.2, -0.15) is 0 Å². The lowest BCUT2D eigenvalue weighted by atomic mass is 10.1. The Hall–Kier alpha value is -1.62. The van der Waals surface area contributed by atoms with Crippen LogP contribution in [-0.4, -0.2) is 16.2 Å². The van der Waals surface area contributed by atoms with Gasteiger partial charge in [0.15, 0.2) is 0 Å². The number of nitrogen functional groups attached to an aromatic ring is 1. The van der Waals surface area contributed by atoms with Crippen molar-refractivity contribution >= 4 is 22.2 Å². The second kappa shape index (κ2) is 5.14. The average molecular weight is 248 g/mol. The van der Waals surface area contributed by atoms with Gasteiger partial charge in [-0.1, -0.05) is 29.5 Å². The van der Waals surface area contributed by atoms with E-state index in [1.165, 1.54) is 0 Å². The first-order valence-electron chi connectivity index (χ1n) is 5.54. The van der Waals surface area contributed by atoms with E-state index in [2.05, 4.69) is 28.9 Å². The van der Waals surface area contributed by atoms with Crippen molar-refractivity contribution in [2.45, 2.75) is 26.4 Å². The summed E-state index contributed by atoms with van der Waals surface area (Å²) in [6.45, 7) is 5.04. The van der Waals surface area contributed by atoms with Crippen molar-refractivity contribution in [2.75, 3.05) is 10.6 Å². The molecule has 0 amide bonds. The Labute approximate surface area is 105 Å². The summed E-state index contributed by atoms with van der Waals surface area (Å²) in [4.78, 5) is 2.20. The fourth-order valence-electron chi connectivity index (χ4n) is 1.63.